The van der Waals surface area contributed by atoms with Crippen LogP contribution in [-0.2, 0) is 10.2 Å². The van der Waals surface area contributed by atoms with Crippen LogP contribution in [0, 0.1) is 0 Å². The van der Waals surface area contributed by atoms with Crippen LogP contribution in [0.5, 0.6) is 11.5 Å². The molecule has 0 heterocycles. The maximum atomic E-state index is 11.1. The van der Waals surface area contributed by atoms with Crippen molar-refractivity contribution in [3.63, 3.8) is 0 Å². The summed E-state index contributed by atoms with van der Waals surface area (Å²) in [6, 6.07) is 4.06. The van der Waals surface area contributed by atoms with Gasteiger partial charge in [-0.2, -0.15) is 0 Å². The number of methoxy groups -OCH3 is 2. The van der Waals surface area contributed by atoms with Gasteiger partial charge in [-0.1, -0.05) is 19.9 Å². The van der Waals surface area contributed by atoms with E-state index in [4.69, 9.17) is 14.6 Å². The largest absolute Gasteiger partial charge is 0.493 e. The Kier molecular flexibility index (Phi) is 3.93. The van der Waals surface area contributed by atoms with E-state index in [2.05, 4.69) is 19.9 Å². The van der Waals surface area contributed by atoms with Crippen LogP contribution in [0.25, 0.3) is 0 Å². The lowest BCUT2D eigenvalue weighted by molar-refractivity contribution is -0.137. The predicted molar refractivity (Wildman–Crippen MR) is 76.8 cm³/mol. The lowest BCUT2D eigenvalue weighted by Gasteiger charge is -2.21. The van der Waals surface area contributed by atoms with Crippen molar-refractivity contribution in [3.05, 3.63) is 23.3 Å². The highest BCUT2D eigenvalue weighted by molar-refractivity contribution is 5.71. The molecule has 1 saturated carbocycles. The van der Waals surface area contributed by atoms with E-state index in [9.17, 15) is 4.79 Å². The molecular formula is C16H22O4. The molecule has 0 radical (unpaired) electrons. The SMILES string of the molecule is COc1cc(C(C)C)cc(C2(CC(=O)O)CC2)c1OC. The van der Waals surface area contributed by atoms with Crippen LogP contribution in [0.4, 0.5) is 0 Å². The Bertz CT molecular complexity index is 515. The second-order valence-electron chi connectivity index (χ2n) is 5.81. The van der Waals surface area contributed by atoms with Crippen LogP contribution in [-0.4, -0.2) is 25.3 Å². The summed E-state index contributed by atoms with van der Waals surface area (Å²) in [5.74, 6) is 0.952. The Balaban J connectivity index is 2.55. The molecule has 1 aromatic carbocycles. The van der Waals surface area contributed by atoms with E-state index >= 15 is 0 Å². The lowest BCUT2D eigenvalue weighted by Crippen LogP contribution is -2.15. The third kappa shape index (κ3) is 2.60. The molecule has 0 unspecified atom stereocenters. The maximum Gasteiger partial charge on any atom is 0.304 e. The van der Waals surface area contributed by atoms with Gasteiger partial charge in [-0.25, -0.2) is 0 Å². The van der Waals surface area contributed by atoms with Crippen LogP contribution >= 0.6 is 0 Å². The summed E-state index contributed by atoms with van der Waals surface area (Å²) in [6.45, 7) is 4.23. The molecular weight excluding hydrogens is 256 g/mol. The van der Waals surface area contributed by atoms with Crippen molar-refractivity contribution >= 4 is 5.97 Å². The monoisotopic (exact) mass is 278 g/mol. The molecule has 0 bridgehead atoms. The number of ether oxygens (including phenoxy) is 2. The number of hydrogen-bond donors (Lipinski definition) is 1. The number of hydrogen-bond acceptors (Lipinski definition) is 3. The van der Waals surface area contributed by atoms with Crippen molar-refractivity contribution in [1.82, 2.24) is 0 Å². The van der Waals surface area contributed by atoms with Crippen molar-refractivity contribution in [1.29, 1.82) is 0 Å². The molecule has 1 aliphatic rings. The first-order valence-corrected chi connectivity index (χ1v) is 6.91. The second-order valence-corrected chi connectivity index (χ2v) is 5.81. The Morgan fingerprint density at radius 2 is 1.95 bits per heavy atom. The van der Waals surface area contributed by atoms with Crippen molar-refractivity contribution < 1.29 is 19.4 Å². The third-order valence-electron chi connectivity index (χ3n) is 4.08. The molecule has 0 aliphatic heterocycles. The maximum absolute atomic E-state index is 11.1. The minimum atomic E-state index is -0.765. The van der Waals surface area contributed by atoms with Gasteiger partial charge in [-0.3, -0.25) is 4.79 Å². The van der Waals surface area contributed by atoms with Gasteiger partial charge in [0.2, 0.25) is 0 Å². The van der Waals surface area contributed by atoms with Crippen LogP contribution in [0.2, 0.25) is 0 Å². The molecule has 20 heavy (non-hydrogen) atoms. The molecule has 0 atom stereocenters. The molecule has 1 aliphatic carbocycles. The van der Waals surface area contributed by atoms with E-state index in [1.165, 1.54) is 0 Å². The number of rotatable bonds is 6. The first kappa shape index (κ1) is 14.7. The van der Waals surface area contributed by atoms with Gasteiger partial charge in [0.25, 0.3) is 0 Å². The fraction of sp³-hybridized carbons (Fsp3) is 0.562. The minimum absolute atomic E-state index is 0.147. The van der Waals surface area contributed by atoms with E-state index in [1.54, 1.807) is 14.2 Å². The Hall–Kier alpha value is -1.71. The summed E-state index contributed by atoms with van der Waals surface area (Å²) in [4.78, 5) is 11.1. The zero-order valence-corrected chi connectivity index (χ0v) is 12.5. The molecule has 1 N–H and O–H groups in total. The highest BCUT2D eigenvalue weighted by Crippen LogP contribution is 2.56. The second kappa shape index (κ2) is 5.35. The molecule has 0 spiro atoms. The molecule has 4 heteroatoms. The smallest absolute Gasteiger partial charge is 0.304 e. The quantitative estimate of drug-likeness (QED) is 0.867. The van der Waals surface area contributed by atoms with Gasteiger partial charge in [-0.05, 0) is 30.4 Å². The van der Waals surface area contributed by atoms with Crippen molar-refractivity contribution in [2.75, 3.05) is 14.2 Å². The molecule has 0 amide bonds. The molecule has 0 aromatic heterocycles. The summed E-state index contributed by atoms with van der Waals surface area (Å²) >= 11 is 0. The average Bonchev–Trinajstić information content (AvgIpc) is 3.16. The first-order chi connectivity index (χ1) is 9.43. The predicted octanol–water partition coefficient (Wildman–Crippen LogP) is 3.33. The Morgan fingerprint density at radius 3 is 2.35 bits per heavy atom. The van der Waals surface area contributed by atoms with Crippen LogP contribution in [0.3, 0.4) is 0 Å². The Labute approximate surface area is 119 Å². The normalized spacial score (nSPS) is 16.1. The van der Waals surface area contributed by atoms with E-state index in [0.717, 1.165) is 24.0 Å². The van der Waals surface area contributed by atoms with Gasteiger partial charge < -0.3 is 14.6 Å². The summed E-state index contributed by atoms with van der Waals surface area (Å²) in [6.07, 6.45) is 1.93. The van der Waals surface area contributed by atoms with Crippen LogP contribution in [0.15, 0.2) is 12.1 Å². The number of benzene rings is 1. The number of aliphatic carboxylic acids is 1. The van der Waals surface area contributed by atoms with E-state index in [-0.39, 0.29) is 11.8 Å². The van der Waals surface area contributed by atoms with Gasteiger partial charge in [-0.15, -0.1) is 0 Å². The van der Waals surface area contributed by atoms with E-state index < -0.39 is 5.97 Å². The molecule has 0 saturated heterocycles. The van der Waals surface area contributed by atoms with Gasteiger partial charge >= 0.3 is 5.97 Å². The van der Waals surface area contributed by atoms with E-state index in [0.29, 0.717) is 17.4 Å². The summed E-state index contributed by atoms with van der Waals surface area (Å²) < 4.78 is 10.9. The Morgan fingerprint density at radius 1 is 1.30 bits per heavy atom. The molecule has 110 valence electrons. The highest BCUT2D eigenvalue weighted by Gasteiger charge is 2.48. The van der Waals surface area contributed by atoms with Gasteiger partial charge in [0.15, 0.2) is 11.5 Å². The average molecular weight is 278 g/mol. The first-order valence-electron chi connectivity index (χ1n) is 6.91. The fourth-order valence-corrected chi connectivity index (χ4v) is 2.69. The van der Waals surface area contributed by atoms with Gasteiger partial charge in [0, 0.05) is 11.0 Å². The van der Waals surface area contributed by atoms with Crippen molar-refractivity contribution in [3.8, 4) is 11.5 Å². The van der Waals surface area contributed by atoms with Crippen molar-refractivity contribution in [2.45, 2.75) is 44.4 Å². The lowest BCUT2D eigenvalue weighted by atomic mass is 9.88. The highest BCUT2D eigenvalue weighted by atomic mass is 16.5. The zero-order chi connectivity index (χ0) is 14.9. The molecule has 4 nitrogen and oxygen atoms in total. The van der Waals surface area contributed by atoms with Crippen LogP contribution in [0.1, 0.15) is 50.2 Å². The number of carbonyl (C=O) groups is 1. The number of carboxylic acids is 1. The number of carboxylic acid groups (broad SMARTS) is 1. The van der Waals surface area contributed by atoms with Gasteiger partial charge in [0.1, 0.15) is 0 Å². The molecule has 1 aromatic rings. The zero-order valence-electron chi connectivity index (χ0n) is 12.5. The fourth-order valence-electron chi connectivity index (χ4n) is 2.69. The molecule has 1 fully saturated rings. The summed E-state index contributed by atoms with van der Waals surface area (Å²) in [7, 11) is 3.22. The topological polar surface area (TPSA) is 55.8 Å². The van der Waals surface area contributed by atoms with E-state index in [1.807, 2.05) is 6.07 Å². The summed E-state index contributed by atoms with van der Waals surface area (Å²) in [5.41, 5.74) is 1.84. The van der Waals surface area contributed by atoms with Crippen molar-refractivity contribution in [2.24, 2.45) is 0 Å². The third-order valence-corrected chi connectivity index (χ3v) is 4.08. The minimum Gasteiger partial charge on any atom is -0.493 e. The molecule has 2 rings (SSSR count). The standard InChI is InChI=1S/C16H22O4/c1-10(2)11-7-12(15(20-4)13(8-11)19-3)16(5-6-16)9-14(17)18/h7-8,10H,5-6,9H2,1-4H3,(H,17,18). The summed E-state index contributed by atoms with van der Waals surface area (Å²) in [5, 5.41) is 9.15. The van der Waals surface area contributed by atoms with Gasteiger partial charge in [0.05, 0.1) is 20.6 Å². The van der Waals surface area contributed by atoms with Crippen LogP contribution < -0.4 is 9.47 Å².